The van der Waals surface area contributed by atoms with Gasteiger partial charge in [-0.3, -0.25) is 4.90 Å². The van der Waals surface area contributed by atoms with E-state index >= 15 is 0 Å². The number of rotatable bonds is 4. The minimum atomic E-state index is -3.09. The number of piperazine rings is 1. The fourth-order valence-corrected chi connectivity index (χ4v) is 3.55. The highest BCUT2D eigenvalue weighted by molar-refractivity contribution is 7.89. The minimum absolute atomic E-state index is 0.326. The van der Waals surface area contributed by atoms with Crippen LogP contribution in [0.4, 0.5) is 0 Å². The van der Waals surface area contributed by atoms with Crippen LogP contribution in [0.1, 0.15) is 19.4 Å². The zero-order chi connectivity index (χ0) is 13.9. The van der Waals surface area contributed by atoms with Gasteiger partial charge in [-0.2, -0.15) is 4.31 Å². The quantitative estimate of drug-likeness (QED) is 0.841. The highest BCUT2D eigenvalue weighted by atomic mass is 32.2. The molecule has 0 aromatic heterocycles. The molecule has 0 N–H and O–H groups in total. The molecule has 1 aromatic carbocycles. The summed E-state index contributed by atoms with van der Waals surface area (Å²) in [5.41, 5.74) is 1.28. The van der Waals surface area contributed by atoms with Crippen LogP contribution in [0.5, 0.6) is 0 Å². The van der Waals surface area contributed by atoms with Crippen molar-refractivity contribution in [2.45, 2.75) is 25.6 Å². The molecular weight excluding hydrogens is 260 g/mol. The molecule has 106 valence electrons. The Kier molecular flexibility index (Phi) is 4.60. The summed E-state index contributed by atoms with van der Waals surface area (Å²) < 4.78 is 25.7. The van der Waals surface area contributed by atoms with Gasteiger partial charge in [0.25, 0.3) is 0 Å². The molecule has 0 saturated carbocycles. The third-order valence-electron chi connectivity index (χ3n) is 3.54. The maximum Gasteiger partial charge on any atom is 0.216 e. The van der Waals surface area contributed by atoms with E-state index in [9.17, 15) is 8.42 Å². The fraction of sp³-hybridized carbons (Fsp3) is 0.571. The van der Waals surface area contributed by atoms with Crippen molar-refractivity contribution in [1.29, 1.82) is 0 Å². The third kappa shape index (κ3) is 3.55. The van der Waals surface area contributed by atoms with E-state index in [1.54, 1.807) is 18.2 Å². The standard InChI is InChI=1S/C14H22N2O2S/c1-13(2)19(17,18)16-10-8-15(9-11-16)12-14-6-4-3-5-7-14/h3-7,13H,8-12H2,1-2H3. The average molecular weight is 282 g/mol. The number of hydrogen-bond donors (Lipinski definition) is 0. The van der Waals surface area contributed by atoms with Gasteiger partial charge in [0, 0.05) is 32.7 Å². The number of benzene rings is 1. The first kappa shape index (κ1) is 14.5. The second-order valence-corrected chi connectivity index (χ2v) is 7.74. The molecule has 1 saturated heterocycles. The van der Waals surface area contributed by atoms with E-state index in [1.165, 1.54) is 5.56 Å². The van der Waals surface area contributed by atoms with E-state index in [-0.39, 0.29) is 5.25 Å². The molecule has 1 heterocycles. The Morgan fingerprint density at radius 3 is 2.16 bits per heavy atom. The Labute approximate surface area is 116 Å². The van der Waals surface area contributed by atoms with Gasteiger partial charge >= 0.3 is 0 Å². The van der Waals surface area contributed by atoms with E-state index in [0.717, 1.165) is 19.6 Å². The summed E-state index contributed by atoms with van der Waals surface area (Å²) in [6.45, 7) is 7.20. The molecule has 0 spiro atoms. The Hall–Kier alpha value is -0.910. The largest absolute Gasteiger partial charge is 0.296 e. The zero-order valence-electron chi connectivity index (χ0n) is 11.6. The topological polar surface area (TPSA) is 40.6 Å². The summed E-state index contributed by atoms with van der Waals surface area (Å²) >= 11 is 0. The molecule has 0 bridgehead atoms. The minimum Gasteiger partial charge on any atom is -0.296 e. The van der Waals surface area contributed by atoms with E-state index < -0.39 is 10.0 Å². The van der Waals surface area contributed by atoms with Gasteiger partial charge in [0.1, 0.15) is 0 Å². The fourth-order valence-electron chi connectivity index (χ4n) is 2.28. The van der Waals surface area contributed by atoms with Gasteiger partial charge in [-0.1, -0.05) is 30.3 Å². The predicted octanol–water partition coefficient (Wildman–Crippen LogP) is 1.54. The normalized spacial score (nSPS) is 18.9. The molecule has 0 atom stereocenters. The highest BCUT2D eigenvalue weighted by Gasteiger charge is 2.29. The molecule has 0 amide bonds. The summed E-state index contributed by atoms with van der Waals surface area (Å²) in [4.78, 5) is 2.31. The predicted molar refractivity (Wildman–Crippen MR) is 77.3 cm³/mol. The lowest BCUT2D eigenvalue weighted by atomic mass is 10.2. The van der Waals surface area contributed by atoms with Crippen molar-refractivity contribution in [3.63, 3.8) is 0 Å². The molecule has 4 nitrogen and oxygen atoms in total. The summed E-state index contributed by atoms with van der Waals surface area (Å²) in [5, 5.41) is -0.326. The molecule has 5 heteroatoms. The summed E-state index contributed by atoms with van der Waals surface area (Å²) in [7, 11) is -3.09. The third-order valence-corrected chi connectivity index (χ3v) is 5.81. The summed E-state index contributed by atoms with van der Waals surface area (Å²) in [5.74, 6) is 0. The van der Waals surface area contributed by atoms with E-state index in [0.29, 0.717) is 13.1 Å². The maximum absolute atomic E-state index is 12.1. The van der Waals surface area contributed by atoms with Crippen LogP contribution >= 0.6 is 0 Å². The lowest BCUT2D eigenvalue weighted by Gasteiger charge is -2.34. The van der Waals surface area contributed by atoms with Gasteiger partial charge in [0.15, 0.2) is 0 Å². The van der Waals surface area contributed by atoms with E-state index in [2.05, 4.69) is 17.0 Å². The first-order valence-corrected chi connectivity index (χ1v) is 8.25. The molecule has 19 heavy (non-hydrogen) atoms. The van der Waals surface area contributed by atoms with Crippen molar-refractivity contribution < 1.29 is 8.42 Å². The number of hydrogen-bond acceptors (Lipinski definition) is 3. The van der Waals surface area contributed by atoms with Crippen LogP contribution in [0.15, 0.2) is 30.3 Å². The van der Waals surface area contributed by atoms with Crippen molar-refractivity contribution in [3.05, 3.63) is 35.9 Å². The van der Waals surface area contributed by atoms with Crippen LogP contribution in [-0.4, -0.2) is 49.1 Å². The van der Waals surface area contributed by atoms with Gasteiger partial charge in [-0.05, 0) is 19.4 Å². The average Bonchev–Trinajstić information content (AvgIpc) is 2.40. The van der Waals surface area contributed by atoms with Crippen LogP contribution in [0.2, 0.25) is 0 Å². The monoisotopic (exact) mass is 282 g/mol. The van der Waals surface area contributed by atoms with Crippen molar-refractivity contribution >= 4 is 10.0 Å². The smallest absolute Gasteiger partial charge is 0.216 e. The molecule has 0 radical (unpaired) electrons. The zero-order valence-corrected chi connectivity index (χ0v) is 12.4. The molecule has 1 aliphatic heterocycles. The second kappa shape index (κ2) is 6.03. The lowest BCUT2D eigenvalue weighted by molar-refractivity contribution is 0.181. The number of sulfonamides is 1. The van der Waals surface area contributed by atoms with Crippen molar-refractivity contribution in [1.82, 2.24) is 9.21 Å². The summed E-state index contributed by atoms with van der Waals surface area (Å²) in [6.07, 6.45) is 0. The van der Waals surface area contributed by atoms with Gasteiger partial charge in [0.05, 0.1) is 5.25 Å². The Morgan fingerprint density at radius 2 is 1.63 bits per heavy atom. The molecule has 1 aliphatic rings. The second-order valence-electron chi connectivity index (χ2n) is 5.25. The van der Waals surface area contributed by atoms with Gasteiger partial charge < -0.3 is 0 Å². The Bertz CT molecular complexity index is 491. The molecule has 1 fully saturated rings. The van der Waals surface area contributed by atoms with Crippen LogP contribution in [0.25, 0.3) is 0 Å². The van der Waals surface area contributed by atoms with Gasteiger partial charge in [0.2, 0.25) is 10.0 Å². The molecule has 0 aliphatic carbocycles. The first-order chi connectivity index (χ1) is 9.00. The van der Waals surface area contributed by atoms with Gasteiger partial charge in [-0.25, -0.2) is 8.42 Å². The SMILES string of the molecule is CC(C)S(=O)(=O)N1CCN(Cc2ccccc2)CC1. The Morgan fingerprint density at radius 1 is 1.05 bits per heavy atom. The van der Waals surface area contributed by atoms with Crippen molar-refractivity contribution in [3.8, 4) is 0 Å². The lowest BCUT2D eigenvalue weighted by Crippen LogP contribution is -2.49. The van der Waals surface area contributed by atoms with E-state index in [1.807, 2.05) is 18.2 Å². The first-order valence-electron chi connectivity index (χ1n) is 6.75. The molecular formula is C14H22N2O2S. The van der Waals surface area contributed by atoms with Crippen LogP contribution < -0.4 is 0 Å². The highest BCUT2D eigenvalue weighted by Crippen LogP contribution is 2.14. The summed E-state index contributed by atoms with van der Waals surface area (Å²) in [6, 6.07) is 10.3. The van der Waals surface area contributed by atoms with Crippen LogP contribution in [-0.2, 0) is 16.6 Å². The molecule has 0 unspecified atom stereocenters. The Balaban J connectivity index is 1.90. The maximum atomic E-state index is 12.1. The number of nitrogens with zero attached hydrogens (tertiary/aromatic N) is 2. The van der Waals surface area contributed by atoms with Crippen LogP contribution in [0.3, 0.4) is 0 Å². The van der Waals surface area contributed by atoms with E-state index in [4.69, 9.17) is 0 Å². The van der Waals surface area contributed by atoms with Crippen LogP contribution in [0, 0.1) is 0 Å². The van der Waals surface area contributed by atoms with Crippen molar-refractivity contribution in [2.75, 3.05) is 26.2 Å². The van der Waals surface area contributed by atoms with Gasteiger partial charge in [-0.15, -0.1) is 0 Å². The molecule has 2 rings (SSSR count). The van der Waals surface area contributed by atoms with Crippen molar-refractivity contribution in [2.24, 2.45) is 0 Å². The molecule has 1 aromatic rings.